The summed E-state index contributed by atoms with van der Waals surface area (Å²) in [6.07, 6.45) is 5.44. The molecule has 8 heteroatoms. The fourth-order valence-electron chi connectivity index (χ4n) is 3.22. The average Bonchev–Trinajstić information content (AvgIpc) is 3.19. The van der Waals surface area contributed by atoms with Gasteiger partial charge in [-0.2, -0.15) is 5.10 Å². The maximum absolute atomic E-state index is 12.2. The number of nitrogens with zero attached hydrogens (tertiary/aromatic N) is 2. The van der Waals surface area contributed by atoms with Crippen LogP contribution in [0.1, 0.15) is 23.2 Å². The molecule has 2 aromatic heterocycles. The van der Waals surface area contributed by atoms with Crippen LogP contribution in [-0.4, -0.2) is 33.0 Å². The fourth-order valence-corrected chi connectivity index (χ4v) is 3.22. The van der Waals surface area contributed by atoms with Gasteiger partial charge in [0.2, 0.25) is 5.88 Å². The summed E-state index contributed by atoms with van der Waals surface area (Å²) >= 11 is 0. The number of amides is 2. The van der Waals surface area contributed by atoms with Crippen LogP contribution in [0.4, 0.5) is 5.69 Å². The molecule has 148 valence electrons. The van der Waals surface area contributed by atoms with E-state index in [1.807, 2.05) is 31.2 Å². The maximum Gasteiger partial charge on any atom is 0.313 e. The van der Waals surface area contributed by atoms with Crippen molar-refractivity contribution in [3.05, 3.63) is 65.6 Å². The molecule has 29 heavy (non-hydrogen) atoms. The first-order chi connectivity index (χ1) is 14.1. The molecular weight excluding hydrogens is 370 g/mol. The number of carbonyl (C=O) groups is 2. The van der Waals surface area contributed by atoms with Gasteiger partial charge in [-0.15, -0.1) is 0 Å². The molecule has 1 atom stereocenters. The lowest BCUT2D eigenvalue weighted by Gasteiger charge is -2.22. The Hall–Kier alpha value is -3.68. The normalized spacial score (nSPS) is 15.3. The second-order valence-electron chi connectivity index (χ2n) is 7.04. The van der Waals surface area contributed by atoms with Crippen LogP contribution in [0.2, 0.25) is 0 Å². The van der Waals surface area contributed by atoms with Crippen molar-refractivity contribution in [2.75, 3.05) is 5.32 Å². The number of hydrogen-bond acceptors (Lipinski definition) is 5. The molecule has 0 bridgehead atoms. The predicted molar refractivity (Wildman–Crippen MR) is 107 cm³/mol. The third-order valence-electron chi connectivity index (χ3n) is 4.80. The molecule has 0 aliphatic heterocycles. The van der Waals surface area contributed by atoms with E-state index >= 15 is 0 Å². The van der Waals surface area contributed by atoms with Crippen LogP contribution in [0.5, 0.6) is 11.6 Å². The molecule has 1 aliphatic carbocycles. The van der Waals surface area contributed by atoms with Crippen molar-refractivity contribution < 1.29 is 14.3 Å². The number of aryl methyl sites for hydroxylation is 2. The number of aromatic amines is 1. The van der Waals surface area contributed by atoms with Gasteiger partial charge in [-0.05, 0) is 49.9 Å². The molecule has 2 heterocycles. The Balaban J connectivity index is 1.30. The third kappa shape index (κ3) is 4.60. The van der Waals surface area contributed by atoms with Gasteiger partial charge in [-0.25, -0.2) is 4.98 Å². The molecule has 2 amide bonds. The Labute approximate surface area is 167 Å². The van der Waals surface area contributed by atoms with E-state index in [1.54, 1.807) is 18.3 Å². The SMILES string of the molecule is Cc1ccc(Oc2ccc(NC(=O)C(=O)N[C@@H]3CCc4[nH]ncc4C3)cn2)cc1. The lowest BCUT2D eigenvalue weighted by molar-refractivity contribution is -0.136. The predicted octanol–water partition coefficient (Wildman–Crippen LogP) is 2.52. The molecule has 0 fully saturated rings. The third-order valence-corrected chi connectivity index (χ3v) is 4.80. The van der Waals surface area contributed by atoms with Gasteiger partial charge in [0.25, 0.3) is 0 Å². The average molecular weight is 391 g/mol. The second kappa shape index (κ2) is 8.14. The number of ether oxygens (including phenoxy) is 1. The first-order valence-corrected chi connectivity index (χ1v) is 9.40. The quantitative estimate of drug-likeness (QED) is 0.592. The van der Waals surface area contributed by atoms with Crippen LogP contribution < -0.4 is 15.4 Å². The van der Waals surface area contributed by atoms with Gasteiger partial charge < -0.3 is 15.4 Å². The second-order valence-corrected chi connectivity index (χ2v) is 7.04. The van der Waals surface area contributed by atoms with Gasteiger partial charge >= 0.3 is 11.8 Å². The van der Waals surface area contributed by atoms with Crippen LogP contribution in [0.15, 0.2) is 48.8 Å². The van der Waals surface area contributed by atoms with Gasteiger partial charge in [0.05, 0.1) is 18.1 Å². The molecule has 3 aromatic rings. The largest absolute Gasteiger partial charge is 0.439 e. The van der Waals surface area contributed by atoms with Crippen LogP contribution in [0, 0.1) is 6.92 Å². The summed E-state index contributed by atoms with van der Waals surface area (Å²) in [4.78, 5) is 28.6. The van der Waals surface area contributed by atoms with Gasteiger partial charge in [0.15, 0.2) is 0 Å². The molecule has 0 radical (unpaired) electrons. The summed E-state index contributed by atoms with van der Waals surface area (Å²) in [5.74, 6) is -0.319. The lowest BCUT2D eigenvalue weighted by Crippen LogP contribution is -2.44. The van der Waals surface area contributed by atoms with E-state index in [9.17, 15) is 9.59 Å². The summed E-state index contributed by atoms with van der Waals surface area (Å²) in [7, 11) is 0. The van der Waals surface area contributed by atoms with E-state index in [0.717, 1.165) is 29.7 Å². The van der Waals surface area contributed by atoms with Gasteiger partial charge in [0.1, 0.15) is 5.75 Å². The highest BCUT2D eigenvalue weighted by Crippen LogP contribution is 2.21. The Morgan fingerprint density at radius 3 is 2.69 bits per heavy atom. The van der Waals surface area contributed by atoms with Gasteiger partial charge in [0, 0.05) is 17.8 Å². The van der Waals surface area contributed by atoms with Crippen molar-refractivity contribution in [3.63, 3.8) is 0 Å². The molecule has 1 aliphatic rings. The topological polar surface area (TPSA) is 109 Å². The molecule has 0 unspecified atom stereocenters. The Morgan fingerprint density at radius 1 is 1.10 bits per heavy atom. The molecule has 3 N–H and O–H groups in total. The number of carbonyl (C=O) groups excluding carboxylic acids is 2. The number of nitrogens with one attached hydrogen (secondary N) is 3. The molecule has 8 nitrogen and oxygen atoms in total. The number of aromatic nitrogens is 3. The highest BCUT2D eigenvalue weighted by Gasteiger charge is 2.24. The molecule has 1 aromatic carbocycles. The highest BCUT2D eigenvalue weighted by atomic mass is 16.5. The number of H-pyrrole nitrogens is 1. The number of anilines is 1. The smallest absolute Gasteiger partial charge is 0.313 e. The zero-order valence-corrected chi connectivity index (χ0v) is 15.9. The van der Waals surface area contributed by atoms with Crippen molar-refractivity contribution in [1.82, 2.24) is 20.5 Å². The van der Waals surface area contributed by atoms with Crippen molar-refractivity contribution in [1.29, 1.82) is 0 Å². The number of rotatable bonds is 4. The van der Waals surface area contributed by atoms with Crippen LogP contribution in [-0.2, 0) is 22.4 Å². The van der Waals surface area contributed by atoms with Crippen molar-refractivity contribution >= 4 is 17.5 Å². The first kappa shape index (κ1) is 18.7. The van der Waals surface area contributed by atoms with E-state index in [4.69, 9.17) is 4.74 Å². The van der Waals surface area contributed by atoms with E-state index in [-0.39, 0.29) is 6.04 Å². The van der Waals surface area contributed by atoms with E-state index in [2.05, 4.69) is 25.8 Å². The van der Waals surface area contributed by atoms with Crippen molar-refractivity contribution in [3.8, 4) is 11.6 Å². The number of benzene rings is 1. The summed E-state index contributed by atoms with van der Waals surface area (Å²) in [6, 6.07) is 10.8. The first-order valence-electron chi connectivity index (χ1n) is 9.40. The molecular formula is C21H21N5O3. The molecule has 0 saturated heterocycles. The monoisotopic (exact) mass is 391 g/mol. The highest BCUT2D eigenvalue weighted by molar-refractivity contribution is 6.39. The molecule has 0 spiro atoms. The maximum atomic E-state index is 12.2. The van der Waals surface area contributed by atoms with Crippen LogP contribution >= 0.6 is 0 Å². The number of pyridine rings is 1. The molecule has 4 rings (SSSR count). The van der Waals surface area contributed by atoms with E-state index in [1.165, 1.54) is 6.20 Å². The minimum absolute atomic E-state index is 0.0817. The minimum atomic E-state index is -0.725. The zero-order valence-electron chi connectivity index (χ0n) is 15.9. The lowest BCUT2D eigenvalue weighted by atomic mass is 9.93. The Bertz CT molecular complexity index is 1010. The van der Waals surface area contributed by atoms with E-state index < -0.39 is 11.8 Å². The van der Waals surface area contributed by atoms with Gasteiger partial charge in [-0.3, -0.25) is 14.7 Å². The molecule has 0 saturated carbocycles. The van der Waals surface area contributed by atoms with Crippen molar-refractivity contribution in [2.24, 2.45) is 0 Å². The van der Waals surface area contributed by atoms with Gasteiger partial charge in [-0.1, -0.05) is 17.7 Å². The fraction of sp³-hybridized carbons (Fsp3) is 0.238. The van der Waals surface area contributed by atoms with Crippen LogP contribution in [0.25, 0.3) is 0 Å². The minimum Gasteiger partial charge on any atom is -0.439 e. The number of hydrogen-bond donors (Lipinski definition) is 3. The summed E-state index contributed by atoms with van der Waals surface area (Å²) < 4.78 is 5.65. The number of fused-ring (bicyclic) bond motifs is 1. The summed E-state index contributed by atoms with van der Waals surface area (Å²) in [5, 5.41) is 12.3. The Morgan fingerprint density at radius 2 is 1.93 bits per heavy atom. The standard InChI is InChI=1S/C21H21N5O3/c1-13-2-6-17(7-3-13)29-19-9-5-16(12-22-19)25-21(28)20(27)24-15-4-8-18-14(10-15)11-23-26-18/h2-3,5-7,9,11-12,15H,4,8,10H2,1H3,(H,23,26)(H,24,27)(H,25,28)/t15-/m1/s1. The summed E-state index contributed by atoms with van der Waals surface area (Å²) in [6.45, 7) is 2.00. The summed E-state index contributed by atoms with van der Waals surface area (Å²) in [5.41, 5.74) is 3.73. The van der Waals surface area contributed by atoms with Crippen molar-refractivity contribution in [2.45, 2.75) is 32.2 Å². The van der Waals surface area contributed by atoms with Crippen LogP contribution in [0.3, 0.4) is 0 Å². The zero-order chi connectivity index (χ0) is 20.2. The van der Waals surface area contributed by atoms with E-state index in [0.29, 0.717) is 23.7 Å². The Kier molecular flexibility index (Phi) is 5.24.